The van der Waals surface area contributed by atoms with E-state index in [1.165, 1.54) is 141 Å². The average molecular weight is 1180 g/mol. The minimum absolute atomic E-state index is 0.0324. The molecule has 0 heterocycles. The smallest absolute Gasteiger partial charge is 0.456 e. The van der Waals surface area contributed by atoms with E-state index in [-0.39, 0.29) is 31.5 Å². The van der Waals surface area contributed by atoms with E-state index in [1.807, 2.05) is 33.3 Å². The Kier molecular flexibility index (Phi) is 59.3. The molecule has 0 aliphatic carbocycles. The van der Waals surface area contributed by atoms with Crippen LogP contribution in [0.4, 0.5) is 0 Å². The van der Waals surface area contributed by atoms with Crippen molar-refractivity contribution in [1.82, 2.24) is 5.32 Å². The first-order valence-electron chi connectivity index (χ1n) is 34.2. The number of ether oxygens (including phenoxy) is 1. The summed E-state index contributed by atoms with van der Waals surface area (Å²) in [5, 5.41) is 3.05. The summed E-state index contributed by atoms with van der Waals surface area (Å²) in [6.45, 7) is 6.86. The summed E-state index contributed by atoms with van der Waals surface area (Å²) >= 11 is 0. The molecule has 0 aliphatic rings. The third-order valence-electron chi connectivity index (χ3n) is 14.7. The third kappa shape index (κ3) is 63.0. The lowest BCUT2D eigenvalue weighted by atomic mass is 10.0. The second-order valence-electron chi connectivity index (χ2n) is 24.0. The van der Waals surface area contributed by atoms with Gasteiger partial charge < -0.3 is 19.4 Å². The summed E-state index contributed by atoms with van der Waals surface area (Å²) in [5.74, 6) is -0.524. The largest absolute Gasteiger partial charge is 0.472 e. The standard InChI is InChI=1S/C73H129N2O7P/c1-7-10-13-16-19-22-25-27-29-31-33-34-35-36-37-38-39-40-42-44-46-48-51-54-57-60-63-66-73(77)82-71(64-61-58-55-52-49-24-21-18-15-12-9-3)70(69-81-83(78,79)80-68-67-75(4,5)6)74-72(76)65-62-59-56-53-50-47-45-43-41-32-30-28-26-23-20-17-14-11-8-2/h10,13,19-20,22-23,27-30,33-34,36-37,41,43,61,64,70-71H,7-9,11-12,14-18,21,24-26,31-32,35,38-40,42,44-60,62-63,65-69H2,1-6H3,(H-,74,76,78,79)/p+1/b13-10-,22-19-,23-20-,29-27-,30-28-,34-33-,37-36-,43-41-,64-61-. The molecule has 3 unspecified atom stereocenters. The monoisotopic (exact) mass is 1180 g/mol. The molecule has 2 N–H and O–H groups in total. The van der Waals surface area contributed by atoms with Gasteiger partial charge in [0.2, 0.25) is 5.91 Å². The van der Waals surface area contributed by atoms with Gasteiger partial charge in [0.25, 0.3) is 0 Å². The molecule has 0 rings (SSSR count). The Balaban J connectivity index is 5.08. The molecule has 0 saturated heterocycles. The molecule has 0 aromatic heterocycles. The van der Waals surface area contributed by atoms with Crippen molar-refractivity contribution < 1.29 is 37.3 Å². The predicted molar refractivity (Wildman–Crippen MR) is 360 cm³/mol. The number of unbranched alkanes of at least 4 members (excludes halogenated alkanes) is 29. The van der Waals surface area contributed by atoms with Gasteiger partial charge in [-0.3, -0.25) is 18.6 Å². The Morgan fingerprint density at radius 3 is 1.18 bits per heavy atom. The number of esters is 1. The fourth-order valence-corrected chi connectivity index (χ4v) is 10.2. The molecule has 0 spiro atoms. The number of carbonyl (C=O) groups is 2. The van der Waals surface area contributed by atoms with Crippen LogP contribution in [0.15, 0.2) is 109 Å². The van der Waals surface area contributed by atoms with Crippen molar-refractivity contribution in [2.75, 3.05) is 40.9 Å². The second kappa shape index (κ2) is 61.7. The zero-order chi connectivity index (χ0) is 60.7. The van der Waals surface area contributed by atoms with E-state index < -0.39 is 20.0 Å². The number of likely N-dealkylation sites (N-methyl/N-ethyl adjacent to an activating group) is 1. The molecule has 0 aromatic rings. The molecule has 0 aromatic carbocycles. The summed E-state index contributed by atoms with van der Waals surface area (Å²) in [4.78, 5) is 37.8. The third-order valence-corrected chi connectivity index (χ3v) is 15.7. The van der Waals surface area contributed by atoms with Gasteiger partial charge in [0, 0.05) is 12.8 Å². The van der Waals surface area contributed by atoms with E-state index in [4.69, 9.17) is 13.8 Å². The van der Waals surface area contributed by atoms with Crippen LogP contribution in [0.1, 0.15) is 290 Å². The van der Waals surface area contributed by atoms with Crippen molar-refractivity contribution in [3.05, 3.63) is 109 Å². The Labute approximate surface area is 512 Å². The number of nitrogens with zero attached hydrogens (tertiary/aromatic N) is 1. The normalized spacial score (nSPS) is 14.3. The van der Waals surface area contributed by atoms with Gasteiger partial charge in [-0.05, 0) is 115 Å². The topological polar surface area (TPSA) is 111 Å². The summed E-state index contributed by atoms with van der Waals surface area (Å²) in [6, 6.07) is -0.863. The van der Waals surface area contributed by atoms with Crippen LogP contribution in [0, 0.1) is 0 Å². The van der Waals surface area contributed by atoms with Crippen molar-refractivity contribution in [2.45, 2.75) is 303 Å². The van der Waals surface area contributed by atoms with Gasteiger partial charge in [0.1, 0.15) is 19.3 Å². The molecular weight excluding hydrogens is 1050 g/mol. The molecule has 0 radical (unpaired) electrons. The zero-order valence-corrected chi connectivity index (χ0v) is 55.6. The number of allylic oxidation sites excluding steroid dienone is 17. The van der Waals surface area contributed by atoms with Crippen LogP contribution in [-0.2, 0) is 27.9 Å². The maximum Gasteiger partial charge on any atom is 0.472 e. The average Bonchev–Trinajstić information content (AvgIpc) is 3.51. The highest BCUT2D eigenvalue weighted by molar-refractivity contribution is 7.47. The Hall–Kier alpha value is -3.33. The summed E-state index contributed by atoms with van der Waals surface area (Å²) in [5.41, 5.74) is 0. The van der Waals surface area contributed by atoms with Crippen LogP contribution in [0.5, 0.6) is 0 Å². The molecule has 0 fully saturated rings. The number of quaternary nitrogens is 1. The lowest BCUT2D eigenvalue weighted by Gasteiger charge is -2.27. The highest BCUT2D eigenvalue weighted by Gasteiger charge is 2.30. The lowest BCUT2D eigenvalue weighted by Crippen LogP contribution is -2.47. The number of phosphoric ester groups is 1. The van der Waals surface area contributed by atoms with Gasteiger partial charge in [-0.2, -0.15) is 0 Å². The number of hydrogen-bond acceptors (Lipinski definition) is 6. The van der Waals surface area contributed by atoms with Crippen molar-refractivity contribution in [2.24, 2.45) is 0 Å². The minimum Gasteiger partial charge on any atom is -0.456 e. The molecule has 9 nitrogen and oxygen atoms in total. The number of carbonyl (C=O) groups excluding carboxylic acids is 2. The summed E-state index contributed by atoms with van der Waals surface area (Å²) < 4.78 is 30.8. The van der Waals surface area contributed by atoms with E-state index in [0.717, 1.165) is 116 Å². The number of amides is 1. The first-order chi connectivity index (χ1) is 40.4. The van der Waals surface area contributed by atoms with Crippen molar-refractivity contribution in [3.63, 3.8) is 0 Å². The molecule has 0 saturated carbocycles. The van der Waals surface area contributed by atoms with Crippen LogP contribution in [0.25, 0.3) is 0 Å². The maximum atomic E-state index is 13.6. The molecule has 0 bridgehead atoms. The molecule has 3 atom stereocenters. The van der Waals surface area contributed by atoms with Gasteiger partial charge in [-0.25, -0.2) is 4.57 Å². The van der Waals surface area contributed by atoms with Crippen LogP contribution < -0.4 is 5.32 Å². The first kappa shape index (κ1) is 79.7. The van der Waals surface area contributed by atoms with Gasteiger partial charge >= 0.3 is 13.8 Å². The molecule has 478 valence electrons. The molecule has 1 amide bonds. The number of nitrogens with one attached hydrogen (secondary N) is 1. The number of phosphoric acid groups is 1. The highest BCUT2D eigenvalue weighted by atomic mass is 31.2. The van der Waals surface area contributed by atoms with Gasteiger partial charge in [-0.1, -0.05) is 272 Å². The van der Waals surface area contributed by atoms with E-state index in [0.29, 0.717) is 17.4 Å². The quantitative estimate of drug-likeness (QED) is 0.0205. The molecule has 83 heavy (non-hydrogen) atoms. The first-order valence-corrected chi connectivity index (χ1v) is 35.7. The molecular formula is C73H130N2O7P+. The van der Waals surface area contributed by atoms with Crippen LogP contribution in [-0.4, -0.2) is 74.3 Å². The minimum atomic E-state index is -4.46. The fraction of sp³-hybridized carbons (Fsp3) is 0.726. The van der Waals surface area contributed by atoms with Gasteiger partial charge in [0.15, 0.2) is 0 Å². The summed E-state index contributed by atoms with van der Waals surface area (Å²) in [6.07, 6.45) is 85.2. The van der Waals surface area contributed by atoms with E-state index >= 15 is 0 Å². The Morgan fingerprint density at radius 2 is 0.771 bits per heavy atom. The van der Waals surface area contributed by atoms with Crippen LogP contribution in [0.2, 0.25) is 0 Å². The zero-order valence-electron chi connectivity index (χ0n) is 54.7. The van der Waals surface area contributed by atoms with Crippen molar-refractivity contribution >= 4 is 19.7 Å². The van der Waals surface area contributed by atoms with E-state index in [2.05, 4.69) is 123 Å². The van der Waals surface area contributed by atoms with E-state index in [1.54, 1.807) is 0 Å². The Bertz CT molecular complexity index is 1790. The maximum absolute atomic E-state index is 13.6. The van der Waals surface area contributed by atoms with Gasteiger partial charge in [0.05, 0.1) is 33.8 Å². The highest BCUT2D eigenvalue weighted by Crippen LogP contribution is 2.43. The van der Waals surface area contributed by atoms with E-state index in [9.17, 15) is 19.0 Å². The number of hydrogen-bond donors (Lipinski definition) is 2. The molecule has 0 aliphatic heterocycles. The predicted octanol–water partition coefficient (Wildman–Crippen LogP) is 21.7. The summed E-state index contributed by atoms with van der Waals surface area (Å²) in [7, 11) is 1.48. The van der Waals surface area contributed by atoms with Crippen LogP contribution >= 0.6 is 7.82 Å². The van der Waals surface area contributed by atoms with Crippen molar-refractivity contribution in [1.29, 1.82) is 0 Å². The second-order valence-corrected chi connectivity index (χ2v) is 25.4. The fourth-order valence-electron chi connectivity index (χ4n) is 9.44. The lowest BCUT2D eigenvalue weighted by molar-refractivity contribution is -0.870. The molecule has 10 heteroatoms. The van der Waals surface area contributed by atoms with Gasteiger partial charge in [-0.15, -0.1) is 0 Å². The van der Waals surface area contributed by atoms with Crippen LogP contribution in [0.3, 0.4) is 0 Å². The number of rotatable bonds is 61. The SMILES string of the molecule is CC/C=C\C/C=C\C/C=C\C/C=C\C/C=C\CCCCCCCCCCCCCC(=O)OC(/C=C\CCCCCCCCCCC)C(COP(=O)(O)OCC[N+](C)(C)C)NC(=O)CCCCCCCC/C=C\C/C=C\C/C=C\CCCCC. The Morgan fingerprint density at radius 1 is 0.434 bits per heavy atom. The van der Waals surface area contributed by atoms with Crippen molar-refractivity contribution in [3.8, 4) is 0 Å².